The summed E-state index contributed by atoms with van der Waals surface area (Å²) in [4.78, 5) is 0. The molecule has 8 heteroatoms. The van der Waals surface area contributed by atoms with Crippen molar-refractivity contribution in [2.45, 2.75) is 6.54 Å². The first-order chi connectivity index (χ1) is 9.11. The third-order valence-electron chi connectivity index (χ3n) is 2.46. The highest BCUT2D eigenvalue weighted by atomic mass is 32.2. The van der Waals surface area contributed by atoms with Crippen LogP contribution in [0.25, 0.3) is 11.3 Å². The van der Waals surface area contributed by atoms with Crippen LogP contribution < -0.4 is 4.68 Å². The van der Waals surface area contributed by atoms with Crippen molar-refractivity contribution in [1.29, 1.82) is 0 Å². The molecule has 0 bridgehead atoms. The molecule has 0 aliphatic rings. The monoisotopic (exact) mass is 281 g/mol. The Hall–Kier alpha value is -1.93. The Bertz CT molecular complexity index is 629. The van der Waals surface area contributed by atoms with E-state index < -0.39 is 10.1 Å². The number of aryl methyl sites for hydroxylation is 1. The first-order valence-electron chi connectivity index (χ1n) is 5.53. The third kappa shape index (κ3) is 3.76. The first-order valence-corrected chi connectivity index (χ1v) is 7.10. The second kappa shape index (κ2) is 5.81. The summed E-state index contributed by atoms with van der Waals surface area (Å²) in [6.45, 7) is 0.233. The number of hydrogen-bond acceptors (Lipinski definition) is 6. The molecule has 0 aliphatic heterocycles. The van der Waals surface area contributed by atoms with Crippen molar-refractivity contribution in [2.75, 3.05) is 12.9 Å². The second-order valence-corrected chi connectivity index (χ2v) is 5.57. The predicted octanol–water partition coefficient (Wildman–Crippen LogP) is -0.198. The molecule has 2 aromatic rings. The summed E-state index contributed by atoms with van der Waals surface area (Å²) in [6, 6.07) is 5.41. The summed E-state index contributed by atoms with van der Waals surface area (Å²) in [7, 11) is -2.32. The highest BCUT2D eigenvalue weighted by Gasteiger charge is 2.13. The van der Waals surface area contributed by atoms with Gasteiger partial charge >= 0.3 is 0 Å². The lowest BCUT2D eigenvalue weighted by Crippen LogP contribution is -2.40. The molecule has 0 atom stereocenters. The van der Waals surface area contributed by atoms with Gasteiger partial charge < -0.3 is 0 Å². The van der Waals surface area contributed by atoms with E-state index in [2.05, 4.69) is 19.5 Å². The zero-order chi connectivity index (χ0) is 13.7. The van der Waals surface area contributed by atoms with Gasteiger partial charge in [0.15, 0.2) is 12.7 Å². The van der Waals surface area contributed by atoms with Crippen molar-refractivity contribution in [1.82, 2.24) is 15.3 Å². The molecule has 100 valence electrons. The molecule has 0 saturated carbocycles. The van der Waals surface area contributed by atoms with E-state index in [1.165, 1.54) is 4.68 Å². The van der Waals surface area contributed by atoms with Gasteiger partial charge in [-0.3, -0.25) is 4.18 Å². The molecule has 0 aromatic carbocycles. The summed E-state index contributed by atoms with van der Waals surface area (Å²) in [5, 5.41) is 11.9. The summed E-state index contributed by atoms with van der Waals surface area (Å²) in [6.07, 6.45) is 4.90. The van der Waals surface area contributed by atoms with Gasteiger partial charge in [-0.25, -0.2) is 0 Å². The molecule has 0 spiro atoms. The van der Waals surface area contributed by atoms with Crippen LogP contribution in [0.15, 0.2) is 36.8 Å². The van der Waals surface area contributed by atoms with Gasteiger partial charge in [0.2, 0.25) is 0 Å². The third-order valence-corrected chi connectivity index (χ3v) is 3.65. The molecule has 0 unspecified atom stereocenters. The summed E-state index contributed by atoms with van der Waals surface area (Å²) < 4.78 is 28.2. The Morgan fingerprint density at radius 1 is 1.37 bits per heavy atom. The maximum Gasteiger partial charge on any atom is 0.273 e. The topological polar surface area (TPSA) is 85.9 Å². The van der Waals surface area contributed by atoms with Crippen LogP contribution in [0.4, 0.5) is 0 Å². The second-order valence-electron chi connectivity index (χ2n) is 3.72. The summed E-state index contributed by atoms with van der Waals surface area (Å²) in [5.41, 5.74) is 1.53. The summed E-state index contributed by atoms with van der Waals surface area (Å²) in [5.74, 6) is -0.119. The fraction of sp³-hybridized carbons (Fsp3) is 0.273. The first kappa shape index (κ1) is 13.5. The molecule has 0 fully saturated rings. The average Bonchev–Trinajstić information content (AvgIpc) is 2.47. The molecular formula is C11H13N4O3S+. The maximum absolute atomic E-state index is 11.2. The van der Waals surface area contributed by atoms with E-state index in [0.717, 1.165) is 12.7 Å². The Morgan fingerprint density at radius 3 is 2.79 bits per heavy atom. The molecule has 2 aromatic heterocycles. The maximum atomic E-state index is 11.2. The largest absolute Gasteiger partial charge is 0.273 e. The SMILES string of the molecule is COS(=O)(=O)CC[n+]1ccc(-c2cccnn2)cn1. The lowest BCUT2D eigenvalue weighted by molar-refractivity contribution is -0.750. The van der Waals surface area contributed by atoms with E-state index in [4.69, 9.17) is 0 Å². The fourth-order valence-corrected chi connectivity index (χ4v) is 1.99. The molecule has 0 amide bonds. The Morgan fingerprint density at radius 2 is 2.21 bits per heavy atom. The minimum atomic E-state index is -3.46. The minimum absolute atomic E-state index is 0.119. The molecular weight excluding hydrogens is 268 g/mol. The van der Waals surface area contributed by atoms with Crippen LogP contribution in [-0.2, 0) is 20.8 Å². The van der Waals surface area contributed by atoms with Gasteiger partial charge in [0, 0.05) is 17.8 Å². The molecule has 0 N–H and O–H groups in total. The molecule has 7 nitrogen and oxygen atoms in total. The Labute approximate surface area is 111 Å². The molecule has 0 aliphatic carbocycles. The normalized spacial score (nSPS) is 11.4. The Balaban J connectivity index is 2.07. The van der Waals surface area contributed by atoms with Gasteiger partial charge in [0.25, 0.3) is 10.1 Å². The van der Waals surface area contributed by atoms with Crippen LogP contribution in [0.2, 0.25) is 0 Å². The van der Waals surface area contributed by atoms with Crippen LogP contribution in [0.1, 0.15) is 0 Å². The van der Waals surface area contributed by atoms with Gasteiger partial charge in [0.05, 0.1) is 12.8 Å². The fourth-order valence-electron chi connectivity index (χ4n) is 1.41. The zero-order valence-electron chi connectivity index (χ0n) is 10.3. The summed E-state index contributed by atoms with van der Waals surface area (Å²) >= 11 is 0. The quantitative estimate of drug-likeness (QED) is 0.557. The van der Waals surface area contributed by atoms with Gasteiger partial charge in [-0.15, -0.1) is 0 Å². The van der Waals surface area contributed by atoms with Crippen LogP contribution in [0, 0.1) is 0 Å². The zero-order valence-corrected chi connectivity index (χ0v) is 11.1. The molecule has 2 heterocycles. The van der Waals surface area contributed by atoms with Crippen LogP contribution >= 0.6 is 0 Å². The van der Waals surface area contributed by atoms with Crippen LogP contribution in [-0.4, -0.2) is 36.6 Å². The number of rotatable bonds is 5. The smallest absolute Gasteiger partial charge is 0.273 e. The van der Waals surface area contributed by atoms with E-state index in [1.54, 1.807) is 30.7 Å². The van der Waals surface area contributed by atoms with Crippen LogP contribution in [0.3, 0.4) is 0 Å². The predicted molar refractivity (Wildman–Crippen MR) is 66.3 cm³/mol. The van der Waals surface area contributed by atoms with E-state index >= 15 is 0 Å². The van der Waals surface area contributed by atoms with E-state index in [0.29, 0.717) is 5.69 Å². The lowest BCUT2D eigenvalue weighted by Gasteiger charge is -1.99. The van der Waals surface area contributed by atoms with Crippen molar-refractivity contribution in [3.8, 4) is 11.3 Å². The lowest BCUT2D eigenvalue weighted by atomic mass is 10.2. The highest BCUT2D eigenvalue weighted by Crippen LogP contribution is 2.11. The number of aromatic nitrogens is 4. The van der Waals surface area contributed by atoms with Crippen molar-refractivity contribution >= 4 is 10.1 Å². The molecule has 0 saturated heterocycles. The number of nitrogens with zero attached hydrogens (tertiary/aromatic N) is 4. The minimum Gasteiger partial charge on any atom is -0.273 e. The van der Waals surface area contributed by atoms with Gasteiger partial charge in [-0.05, 0) is 17.2 Å². The van der Waals surface area contributed by atoms with Crippen molar-refractivity contribution in [2.24, 2.45) is 0 Å². The van der Waals surface area contributed by atoms with Crippen molar-refractivity contribution < 1.29 is 17.3 Å². The van der Waals surface area contributed by atoms with E-state index in [1.807, 2.05) is 6.07 Å². The van der Waals surface area contributed by atoms with Gasteiger partial charge in [0.1, 0.15) is 11.9 Å². The van der Waals surface area contributed by atoms with E-state index in [9.17, 15) is 8.42 Å². The van der Waals surface area contributed by atoms with Crippen molar-refractivity contribution in [3.63, 3.8) is 0 Å². The molecule has 19 heavy (non-hydrogen) atoms. The molecule has 0 radical (unpaired) electrons. The highest BCUT2D eigenvalue weighted by molar-refractivity contribution is 7.86. The standard InChI is InChI=1S/C11H13N4O3S/c1-18-19(16,17)8-7-15-6-4-10(9-13-15)11-3-2-5-12-14-11/h2-6,9H,7-8H2,1H3/q+1. The van der Waals surface area contributed by atoms with Crippen molar-refractivity contribution in [3.05, 3.63) is 36.8 Å². The number of hydrogen-bond donors (Lipinski definition) is 0. The van der Waals surface area contributed by atoms with Crippen LogP contribution in [0.5, 0.6) is 0 Å². The molecule has 2 rings (SSSR count). The van der Waals surface area contributed by atoms with E-state index in [-0.39, 0.29) is 12.3 Å². The van der Waals surface area contributed by atoms with Gasteiger partial charge in [-0.1, -0.05) is 4.68 Å². The van der Waals surface area contributed by atoms with Gasteiger partial charge in [-0.2, -0.15) is 18.6 Å². The average molecular weight is 281 g/mol. The Kier molecular flexibility index (Phi) is 4.13.